The molecule has 0 unspecified atom stereocenters. The van der Waals surface area contributed by atoms with Crippen molar-refractivity contribution in [1.29, 1.82) is 0 Å². The van der Waals surface area contributed by atoms with E-state index in [9.17, 15) is 9.18 Å². The number of rotatable bonds is 6. The topological polar surface area (TPSA) is 48.7 Å². The van der Waals surface area contributed by atoms with Crippen molar-refractivity contribution in [3.63, 3.8) is 0 Å². The quantitative estimate of drug-likeness (QED) is 0.539. The SMILES string of the molecule is CCOC(=O)Cc1cc(F)ccc1OCc1cc(Br)c2occc2c1. The number of ether oxygens (including phenoxy) is 2. The number of furan rings is 1. The molecule has 0 fully saturated rings. The fourth-order valence-corrected chi connectivity index (χ4v) is 3.15. The molecule has 3 aromatic rings. The molecule has 6 heteroatoms. The fourth-order valence-electron chi connectivity index (χ4n) is 2.54. The Labute approximate surface area is 152 Å². The summed E-state index contributed by atoms with van der Waals surface area (Å²) in [6.45, 7) is 2.29. The summed E-state index contributed by atoms with van der Waals surface area (Å²) in [6, 6.07) is 9.85. The number of hydrogen-bond acceptors (Lipinski definition) is 4. The average molecular weight is 407 g/mol. The van der Waals surface area contributed by atoms with Gasteiger partial charge in [0.25, 0.3) is 0 Å². The number of hydrogen-bond donors (Lipinski definition) is 0. The Morgan fingerprint density at radius 3 is 2.88 bits per heavy atom. The van der Waals surface area contributed by atoms with Crippen molar-refractivity contribution in [3.05, 3.63) is 64.1 Å². The van der Waals surface area contributed by atoms with Crippen LogP contribution in [-0.4, -0.2) is 12.6 Å². The first kappa shape index (κ1) is 17.5. The van der Waals surface area contributed by atoms with Gasteiger partial charge < -0.3 is 13.9 Å². The van der Waals surface area contributed by atoms with Gasteiger partial charge in [0.05, 0.1) is 23.8 Å². The van der Waals surface area contributed by atoms with E-state index >= 15 is 0 Å². The zero-order valence-electron chi connectivity index (χ0n) is 13.6. The largest absolute Gasteiger partial charge is 0.489 e. The number of halogens is 2. The molecule has 1 aromatic heterocycles. The maximum atomic E-state index is 13.5. The lowest BCUT2D eigenvalue weighted by molar-refractivity contribution is -0.142. The zero-order valence-corrected chi connectivity index (χ0v) is 15.1. The Balaban J connectivity index is 1.78. The van der Waals surface area contributed by atoms with E-state index in [0.717, 1.165) is 21.0 Å². The van der Waals surface area contributed by atoms with E-state index in [1.54, 1.807) is 13.2 Å². The second-order valence-electron chi connectivity index (χ2n) is 5.44. The van der Waals surface area contributed by atoms with Crippen LogP contribution in [0.1, 0.15) is 18.1 Å². The van der Waals surface area contributed by atoms with E-state index in [1.807, 2.05) is 18.2 Å². The van der Waals surface area contributed by atoms with Gasteiger partial charge in [-0.2, -0.15) is 0 Å². The maximum Gasteiger partial charge on any atom is 0.310 e. The highest BCUT2D eigenvalue weighted by Gasteiger charge is 2.12. The number of carbonyl (C=O) groups is 1. The smallest absolute Gasteiger partial charge is 0.310 e. The molecule has 1 heterocycles. The van der Waals surface area contributed by atoms with Gasteiger partial charge in [-0.15, -0.1) is 0 Å². The standard InChI is InChI=1S/C19H16BrFO4/c1-2-23-18(22)10-14-9-15(21)3-4-17(14)25-11-12-7-13-5-6-24-19(13)16(20)8-12/h3-9H,2,10-11H2,1H3. The van der Waals surface area contributed by atoms with Crippen molar-refractivity contribution in [1.82, 2.24) is 0 Å². The van der Waals surface area contributed by atoms with E-state index in [0.29, 0.717) is 11.3 Å². The van der Waals surface area contributed by atoms with Crippen LogP contribution in [0.3, 0.4) is 0 Å². The highest BCUT2D eigenvalue weighted by atomic mass is 79.9. The predicted molar refractivity (Wildman–Crippen MR) is 95.0 cm³/mol. The molecule has 0 spiro atoms. The van der Waals surface area contributed by atoms with Crippen molar-refractivity contribution >= 4 is 32.9 Å². The summed E-state index contributed by atoms with van der Waals surface area (Å²) in [5.41, 5.74) is 2.16. The number of esters is 1. The van der Waals surface area contributed by atoms with E-state index in [1.165, 1.54) is 18.2 Å². The molecule has 0 amide bonds. The Morgan fingerprint density at radius 1 is 1.24 bits per heavy atom. The van der Waals surface area contributed by atoms with Crippen molar-refractivity contribution in [3.8, 4) is 5.75 Å². The normalized spacial score (nSPS) is 10.8. The number of benzene rings is 2. The summed E-state index contributed by atoms with van der Waals surface area (Å²) in [7, 11) is 0. The Kier molecular flexibility index (Phi) is 5.38. The minimum atomic E-state index is -0.422. The molecule has 4 nitrogen and oxygen atoms in total. The summed E-state index contributed by atoms with van der Waals surface area (Å²) in [5.74, 6) is -0.382. The third-order valence-electron chi connectivity index (χ3n) is 3.62. The lowest BCUT2D eigenvalue weighted by Gasteiger charge is -2.12. The molecule has 0 radical (unpaired) electrons. The summed E-state index contributed by atoms with van der Waals surface area (Å²) in [5, 5.41) is 0.957. The van der Waals surface area contributed by atoms with Gasteiger partial charge in [-0.05, 0) is 64.8 Å². The van der Waals surface area contributed by atoms with Crippen molar-refractivity contribution < 1.29 is 23.1 Å². The molecule has 0 bridgehead atoms. The highest BCUT2D eigenvalue weighted by molar-refractivity contribution is 9.10. The summed E-state index contributed by atoms with van der Waals surface area (Å²) >= 11 is 3.47. The molecule has 130 valence electrons. The first-order chi connectivity index (χ1) is 12.1. The van der Waals surface area contributed by atoms with Gasteiger partial charge in [-0.3, -0.25) is 4.79 Å². The average Bonchev–Trinajstić information content (AvgIpc) is 3.03. The van der Waals surface area contributed by atoms with Gasteiger partial charge in [0, 0.05) is 10.9 Å². The predicted octanol–water partition coefficient (Wildman–Crippen LogP) is 5.02. The van der Waals surface area contributed by atoms with Crippen molar-refractivity contribution in [2.24, 2.45) is 0 Å². The van der Waals surface area contributed by atoms with Gasteiger partial charge in [-0.25, -0.2) is 4.39 Å². The van der Waals surface area contributed by atoms with Gasteiger partial charge in [0.2, 0.25) is 0 Å². The van der Waals surface area contributed by atoms with Crippen LogP contribution >= 0.6 is 15.9 Å². The third kappa shape index (κ3) is 4.20. The first-order valence-electron chi connectivity index (χ1n) is 7.79. The van der Waals surface area contributed by atoms with Crippen LogP contribution < -0.4 is 4.74 Å². The minimum absolute atomic E-state index is 0.0363. The maximum absolute atomic E-state index is 13.5. The summed E-state index contributed by atoms with van der Waals surface area (Å²) < 4.78 is 30.5. The molecule has 2 aromatic carbocycles. The summed E-state index contributed by atoms with van der Waals surface area (Å²) in [4.78, 5) is 11.7. The van der Waals surface area contributed by atoms with E-state index < -0.39 is 11.8 Å². The Morgan fingerprint density at radius 2 is 2.08 bits per heavy atom. The molecule has 0 saturated carbocycles. The molecule has 0 atom stereocenters. The second-order valence-corrected chi connectivity index (χ2v) is 6.29. The van der Waals surface area contributed by atoms with E-state index in [-0.39, 0.29) is 19.6 Å². The van der Waals surface area contributed by atoms with Crippen LogP contribution in [-0.2, 0) is 22.6 Å². The van der Waals surface area contributed by atoms with Crippen LogP contribution in [0.25, 0.3) is 11.0 Å². The van der Waals surface area contributed by atoms with Crippen LogP contribution in [0.4, 0.5) is 4.39 Å². The lowest BCUT2D eigenvalue weighted by atomic mass is 10.1. The Hall–Kier alpha value is -2.34. The van der Waals surface area contributed by atoms with E-state index in [2.05, 4.69) is 15.9 Å². The van der Waals surface area contributed by atoms with Gasteiger partial charge in [0.15, 0.2) is 0 Å². The van der Waals surface area contributed by atoms with E-state index in [4.69, 9.17) is 13.9 Å². The van der Waals surface area contributed by atoms with Gasteiger partial charge >= 0.3 is 5.97 Å². The van der Waals surface area contributed by atoms with Crippen molar-refractivity contribution in [2.45, 2.75) is 20.0 Å². The first-order valence-corrected chi connectivity index (χ1v) is 8.58. The van der Waals surface area contributed by atoms with Crippen LogP contribution in [0.2, 0.25) is 0 Å². The van der Waals surface area contributed by atoms with Gasteiger partial charge in [-0.1, -0.05) is 0 Å². The van der Waals surface area contributed by atoms with Crippen LogP contribution in [0.5, 0.6) is 5.75 Å². The molecule has 3 rings (SSSR count). The molecule has 0 N–H and O–H groups in total. The molecule has 0 saturated heterocycles. The lowest BCUT2D eigenvalue weighted by Crippen LogP contribution is -2.09. The van der Waals surface area contributed by atoms with Crippen molar-refractivity contribution in [2.75, 3.05) is 6.61 Å². The molecular weight excluding hydrogens is 391 g/mol. The monoisotopic (exact) mass is 406 g/mol. The second kappa shape index (κ2) is 7.70. The molecule has 0 aliphatic carbocycles. The third-order valence-corrected chi connectivity index (χ3v) is 4.21. The minimum Gasteiger partial charge on any atom is -0.489 e. The number of fused-ring (bicyclic) bond motifs is 1. The molecular formula is C19H16BrFO4. The molecule has 25 heavy (non-hydrogen) atoms. The fraction of sp³-hybridized carbons (Fsp3) is 0.211. The molecule has 0 aliphatic heterocycles. The summed E-state index contributed by atoms with van der Waals surface area (Å²) in [6.07, 6.45) is 1.59. The number of carbonyl (C=O) groups excluding carboxylic acids is 1. The molecule has 0 aliphatic rings. The van der Waals surface area contributed by atoms with Crippen LogP contribution in [0, 0.1) is 5.82 Å². The Bertz CT molecular complexity index is 904. The van der Waals surface area contributed by atoms with Crippen LogP contribution in [0.15, 0.2) is 51.6 Å². The zero-order chi connectivity index (χ0) is 17.8. The van der Waals surface area contributed by atoms with Gasteiger partial charge in [0.1, 0.15) is 23.8 Å². The highest BCUT2D eigenvalue weighted by Crippen LogP contribution is 2.28.